The van der Waals surface area contributed by atoms with Gasteiger partial charge in [0.25, 0.3) is 11.8 Å². The Bertz CT molecular complexity index is 634. The van der Waals surface area contributed by atoms with E-state index in [0.29, 0.717) is 18.3 Å². The highest BCUT2D eigenvalue weighted by molar-refractivity contribution is 5.91. The van der Waals surface area contributed by atoms with E-state index in [2.05, 4.69) is 14.7 Å². The van der Waals surface area contributed by atoms with E-state index in [0.717, 1.165) is 25.2 Å². The Balaban J connectivity index is 1.61. The maximum absolute atomic E-state index is 12.3. The second kappa shape index (κ2) is 5.59. The van der Waals surface area contributed by atoms with Crippen LogP contribution in [0.5, 0.6) is 5.88 Å². The SMILES string of the molecule is COc1cc(C(=O)N(C)C[C@@H]2CCc3nccn3C2)on1. The first kappa shape index (κ1) is 13.7. The monoisotopic (exact) mass is 290 g/mol. The van der Waals surface area contributed by atoms with Crippen molar-refractivity contribution in [2.24, 2.45) is 5.92 Å². The average Bonchev–Trinajstić information content (AvgIpc) is 3.14. The minimum absolute atomic E-state index is 0.178. The molecule has 0 bridgehead atoms. The Labute approximate surface area is 122 Å². The molecule has 0 aromatic carbocycles. The zero-order chi connectivity index (χ0) is 14.8. The zero-order valence-corrected chi connectivity index (χ0v) is 12.2. The highest BCUT2D eigenvalue weighted by Gasteiger charge is 2.24. The Hall–Kier alpha value is -2.31. The fraction of sp³-hybridized carbons (Fsp3) is 0.500. The van der Waals surface area contributed by atoms with E-state index in [1.807, 2.05) is 12.4 Å². The van der Waals surface area contributed by atoms with Crippen LogP contribution in [0.15, 0.2) is 23.0 Å². The smallest absolute Gasteiger partial charge is 0.292 e. The van der Waals surface area contributed by atoms with Crippen molar-refractivity contribution in [2.75, 3.05) is 20.7 Å². The molecule has 0 unspecified atom stereocenters. The lowest BCUT2D eigenvalue weighted by Gasteiger charge is -2.27. The van der Waals surface area contributed by atoms with Crippen LogP contribution < -0.4 is 4.74 Å². The van der Waals surface area contributed by atoms with Crippen LogP contribution in [-0.2, 0) is 13.0 Å². The lowest BCUT2D eigenvalue weighted by molar-refractivity contribution is 0.0719. The number of aryl methyl sites for hydroxylation is 1. The van der Waals surface area contributed by atoms with Crippen LogP contribution in [0.3, 0.4) is 0 Å². The topological polar surface area (TPSA) is 73.4 Å². The zero-order valence-electron chi connectivity index (χ0n) is 12.2. The molecule has 0 saturated carbocycles. The van der Waals surface area contributed by atoms with Crippen molar-refractivity contribution in [3.05, 3.63) is 30.0 Å². The first-order valence-corrected chi connectivity index (χ1v) is 6.93. The normalized spacial score (nSPS) is 17.3. The van der Waals surface area contributed by atoms with Crippen LogP contribution in [0.25, 0.3) is 0 Å². The van der Waals surface area contributed by atoms with Gasteiger partial charge in [0.15, 0.2) is 0 Å². The summed E-state index contributed by atoms with van der Waals surface area (Å²) in [6.45, 7) is 1.58. The van der Waals surface area contributed by atoms with E-state index in [9.17, 15) is 4.79 Å². The minimum Gasteiger partial charge on any atom is -0.479 e. The Morgan fingerprint density at radius 2 is 2.48 bits per heavy atom. The van der Waals surface area contributed by atoms with Crippen molar-refractivity contribution in [1.82, 2.24) is 19.6 Å². The fourth-order valence-corrected chi connectivity index (χ4v) is 2.70. The summed E-state index contributed by atoms with van der Waals surface area (Å²) >= 11 is 0. The third-order valence-electron chi connectivity index (χ3n) is 3.82. The maximum atomic E-state index is 12.3. The van der Waals surface area contributed by atoms with Gasteiger partial charge < -0.3 is 18.7 Å². The highest BCUT2D eigenvalue weighted by atomic mass is 16.5. The second-order valence-electron chi connectivity index (χ2n) is 5.32. The molecule has 1 aliphatic rings. The molecule has 0 spiro atoms. The van der Waals surface area contributed by atoms with Crippen LogP contribution in [0.2, 0.25) is 0 Å². The number of nitrogens with zero attached hydrogens (tertiary/aromatic N) is 4. The number of imidazole rings is 1. The molecule has 7 heteroatoms. The van der Waals surface area contributed by atoms with Crippen molar-refractivity contribution in [3.63, 3.8) is 0 Å². The third kappa shape index (κ3) is 2.76. The molecule has 1 amide bonds. The van der Waals surface area contributed by atoms with Gasteiger partial charge in [-0.15, -0.1) is 0 Å². The van der Waals surface area contributed by atoms with Crippen LogP contribution >= 0.6 is 0 Å². The van der Waals surface area contributed by atoms with Gasteiger partial charge >= 0.3 is 0 Å². The number of fused-ring (bicyclic) bond motifs is 1. The first-order valence-electron chi connectivity index (χ1n) is 6.93. The molecule has 2 aromatic heterocycles. The number of amides is 1. The van der Waals surface area contributed by atoms with Crippen molar-refractivity contribution in [1.29, 1.82) is 0 Å². The van der Waals surface area contributed by atoms with E-state index < -0.39 is 0 Å². The molecule has 3 heterocycles. The van der Waals surface area contributed by atoms with Gasteiger partial charge in [0.2, 0.25) is 5.76 Å². The van der Waals surface area contributed by atoms with Gasteiger partial charge in [-0.25, -0.2) is 4.98 Å². The molecule has 2 aromatic rings. The van der Waals surface area contributed by atoms with Gasteiger partial charge in [0, 0.05) is 39.0 Å². The summed E-state index contributed by atoms with van der Waals surface area (Å²) in [6, 6.07) is 1.51. The Morgan fingerprint density at radius 3 is 3.24 bits per heavy atom. The molecule has 0 aliphatic carbocycles. The number of methoxy groups -OCH3 is 1. The van der Waals surface area contributed by atoms with Crippen molar-refractivity contribution >= 4 is 5.91 Å². The van der Waals surface area contributed by atoms with Crippen molar-refractivity contribution in [2.45, 2.75) is 19.4 Å². The summed E-state index contributed by atoms with van der Waals surface area (Å²) in [4.78, 5) is 18.2. The number of hydrogen-bond acceptors (Lipinski definition) is 5. The molecule has 1 atom stereocenters. The number of ether oxygens (including phenoxy) is 1. The Morgan fingerprint density at radius 1 is 1.62 bits per heavy atom. The fourth-order valence-electron chi connectivity index (χ4n) is 2.70. The molecule has 21 heavy (non-hydrogen) atoms. The molecule has 112 valence electrons. The lowest BCUT2D eigenvalue weighted by Crippen LogP contribution is -2.35. The predicted molar refractivity (Wildman–Crippen MR) is 74.1 cm³/mol. The number of aromatic nitrogens is 3. The van der Waals surface area contributed by atoms with Gasteiger partial charge in [-0.2, -0.15) is 0 Å². The molecular formula is C14H18N4O3. The second-order valence-corrected chi connectivity index (χ2v) is 5.32. The van der Waals surface area contributed by atoms with Gasteiger partial charge in [0.1, 0.15) is 5.82 Å². The van der Waals surface area contributed by atoms with E-state index in [4.69, 9.17) is 9.26 Å². The van der Waals surface area contributed by atoms with Gasteiger partial charge in [-0.05, 0) is 17.5 Å². The summed E-state index contributed by atoms with van der Waals surface area (Å²) in [7, 11) is 3.27. The summed E-state index contributed by atoms with van der Waals surface area (Å²) in [5.41, 5.74) is 0. The molecular weight excluding hydrogens is 272 g/mol. The molecule has 0 fully saturated rings. The van der Waals surface area contributed by atoms with E-state index in [-0.39, 0.29) is 11.7 Å². The van der Waals surface area contributed by atoms with Crippen molar-refractivity contribution in [3.8, 4) is 5.88 Å². The molecule has 7 nitrogen and oxygen atoms in total. The summed E-state index contributed by atoms with van der Waals surface area (Å²) in [6.07, 6.45) is 5.81. The Kier molecular flexibility index (Phi) is 3.64. The van der Waals surface area contributed by atoms with Crippen molar-refractivity contribution < 1.29 is 14.1 Å². The third-order valence-corrected chi connectivity index (χ3v) is 3.82. The van der Waals surface area contributed by atoms with Crippen LogP contribution in [0.1, 0.15) is 22.8 Å². The molecule has 3 rings (SSSR count). The molecule has 1 aliphatic heterocycles. The number of rotatable bonds is 4. The van der Waals surface area contributed by atoms with E-state index in [1.54, 1.807) is 11.9 Å². The first-order chi connectivity index (χ1) is 10.2. The predicted octanol–water partition coefficient (Wildman–Crippen LogP) is 1.21. The van der Waals surface area contributed by atoms with E-state index in [1.165, 1.54) is 13.2 Å². The van der Waals surface area contributed by atoms with Crippen LogP contribution in [0.4, 0.5) is 0 Å². The minimum atomic E-state index is -0.178. The average molecular weight is 290 g/mol. The lowest BCUT2D eigenvalue weighted by atomic mass is 9.99. The summed E-state index contributed by atoms with van der Waals surface area (Å²) < 4.78 is 12.1. The molecule has 0 radical (unpaired) electrons. The van der Waals surface area contributed by atoms with Gasteiger partial charge in [-0.3, -0.25) is 4.79 Å². The molecule has 0 saturated heterocycles. The van der Waals surface area contributed by atoms with Crippen LogP contribution in [-0.4, -0.2) is 46.2 Å². The summed E-state index contributed by atoms with van der Waals surface area (Å²) in [5.74, 6) is 1.88. The van der Waals surface area contributed by atoms with Gasteiger partial charge in [-0.1, -0.05) is 0 Å². The number of hydrogen-bond donors (Lipinski definition) is 0. The van der Waals surface area contributed by atoms with E-state index >= 15 is 0 Å². The number of carbonyl (C=O) groups excluding carboxylic acids is 1. The maximum Gasteiger partial charge on any atom is 0.292 e. The quantitative estimate of drug-likeness (QED) is 0.846. The summed E-state index contributed by atoms with van der Waals surface area (Å²) in [5, 5.41) is 3.65. The standard InChI is InChI=1S/C14H18N4O3/c1-17(14(19)11-7-13(20-2)16-21-11)8-10-3-4-12-15-5-6-18(12)9-10/h5-7,10H,3-4,8-9H2,1-2H3/t10-/m0/s1. The number of carbonyl (C=O) groups is 1. The van der Waals surface area contributed by atoms with Crippen LogP contribution in [0, 0.1) is 5.92 Å². The highest BCUT2D eigenvalue weighted by Crippen LogP contribution is 2.20. The molecule has 0 N–H and O–H groups in total. The van der Waals surface area contributed by atoms with Gasteiger partial charge in [0.05, 0.1) is 13.2 Å². The largest absolute Gasteiger partial charge is 0.479 e.